The number of benzene rings is 1. The molecule has 1 heterocycles. The Labute approximate surface area is 175 Å². The first-order valence-corrected chi connectivity index (χ1v) is 9.81. The number of pyridine rings is 1. The van der Waals surface area contributed by atoms with Crippen LogP contribution in [0.1, 0.15) is 36.0 Å². The first kappa shape index (κ1) is 21.0. The minimum atomic E-state index is -0.202. The van der Waals surface area contributed by atoms with Gasteiger partial charge >= 0.3 is 0 Å². The molecule has 1 fully saturated rings. The van der Waals surface area contributed by atoms with E-state index in [4.69, 9.17) is 30.5 Å². The van der Waals surface area contributed by atoms with Crippen LogP contribution in [0.5, 0.6) is 23.1 Å². The third kappa shape index (κ3) is 5.03. The highest BCUT2D eigenvalue weighted by Crippen LogP contribution is 2.39. The van der Waals surface area contributed by atoms with Crippen molar-refractivity contribution in [2.45, 2.75) is 37.8 Å². The maximum absolute atomic E-state index is 12.8. The number of amides is 1. The number of halogens is 1. The number of aromatic nitrogens is 1. The summed E-state index contributed by atoms with van der Waals surface area (Å²) in [5.74, 6) is 1.63. The van der Waals surface area contributed by atoms with Gasteiger partial charge in [-0.15, -0.1) is 0 Å². The molecule has 0 saturated heterocycles. The van der Waals surface area contributed by atoms with E-state index in [0.29, 0.717) is 33.7 Å². The maximum atomic E-state index is 12.8. The molecule has 1 amide bonds. The second-order valence-electron chi connectivity index (χ2n) is 6.76. The van der Waals surface area contributed by atoms with Gasteiger partial charge in [0.05, 0.1) is 31.9 Å². The molecule has 1 aromatic carbocycles. The van der Waals surface area contributed by atoms with Gasteiger partial charge in [-0.25, -0.2) is 4.98 Å². The molecule has 0 spiro atoms. The van der Waals surface area contributed by atoms with Gasteiger partial charge in [0.25, 0.3) is 5.91 Å². The first-order valence-electron chi connectivity index (χ1n) is 9.43. The summed E-state index contributed by atoms with van der Waals surface area (Å²) in [6, 6.07) is 6.96. The fraction of sp³-hybridized carbons (Fsp3) is 0.429. The minimum absolute atomic E-state index is 0.0679. The van der Waals surface area contributed by atoms with Crippen LogP contribution < -0.4 is 24.3 Å². The highest BCUT2D eigenvalue weighted by atomic mass is 35.5. The topological polar surface area (TPSA) is 78.9 Å². The van der Waals surface area contributed by atoms with E-state index in [9.17, 15) is 4.79 Å². The second-order valence-corrected chi connectivity index (χ2v) is 7.20. The van der Waals surface area contributed by atoms with E-state index >= 15 is 0 Å². The predicted molar refractivity (Wildman–Crippen MR) is 109 cm³/mol. The van der Waals surface area contributed by atoms with Crippen molar-refractivity contribution in [3.63, 3.8) is 0 Å². The van der Waals surface area contributed by atoms with Gasteiger partial charge in [-0.2, -0.15) is 0 Å². The molecule has 1 aliphatic rings. The average Bonchev–Trinajstić information content (AvgIpc) is 2.75. The van der Waals surface area contributed by atoms with Gasteiger partial charge in [-0.1, -0.05) is 11.6 Å². The van der Waals surface area contributed by atoms with Gasteiger partial charge in [0, 0.05) is 18.3 Å². The summed E-state index contributed by atoms with van der Waals surface area (Å²) in [6.07, 6.45) is 4.95. The summed E-state index contributed by atoms with van der Waals surface area (Å²) in [5, 5.41) is 3.66. The van der Waals surface area contributed by atoms with Crippen LogP contribution in [0.25, 0.3) is 0 Å². The van der Waals surface area contributed by atoms with E-state index in [0.717, 1.165) is 25.7 Å². The van der Waals surface area contributed by atoms with E-state index in [1.165, 1.54) is 21.3 Å². The van der Waals surface area contributed by atoms with Crippen LogP contribution in [0.15, 0.2) is 30.5 Å². The standard InChI is InChI=1S/C21H25ClN2O5/c1-26-17-10-9-16(19(27-2)20(17)28-3)21(25)24-14-5-7-15(8-6-14)29-18-11-4-13(22)12-23-18/h4,9-12,14-15H,5-8H2,1-3H3,(H,24,25). The minimum Gasteiger partial charge on any atom is -0.493 e. The molecule has 1 N–H and O–H groups in total. The maximum Gasteiger partial charge on any atom is 0.255 e. The van der Waals surface area contributed by atoms with Gasteiger partial charge in [0.2, 0.25) is 11.6 Å². The van der Waals surface area contributed by atoms with Crippen LogP contribution in [0.4, 0.5) is 0 Å². The number of nitrogens with zero attached hydrogens (tertiary/aromatic N) is 1. The van der Waals surface area contributed by atoms with E-state index in [-0.39, 0.29) is 18.1 Å². The van der Waals surface area contributed by atoms with Crippen molar-refractivity contribution in [2.24, 2.45) is 0 Å². The lowest BCUT2D eigenvalue weighted by Gasteiger charge is -2.29. The fourth-order valence-corrected chi connectivity index (χ4v) is 3.58. The van der Waals surface area contributed by atoms with E-state index in [1.54, 1.807) is 30.5 Å². The van der Waals surface area contributed by atoms with Gasteiger partial charge < -0.3 is 24.3 Å². The molecule has 2 aromatic rings. The first-order chi connectivity index (χ1) is 14.0. The van der Waals surface area contributed by atoms with Crippen molar-refractivity contribution in [3.05, 3.63) is 41.0 Å². The quantitative estimate of drug-likeness (QED) is 0.732. The highest BCUT2D eigenvalue weighted by Gasteiger charge is 2.26. The lowest BCUT2D eigenvalue weighted by atomic mass is 9.92. The molecule has 3 rings (SSSR count). The largest absolute Gasteiger partial charge is 0.493 e. The Kier molecular flexibility index (Phi) is 7.04. The normalized spacial score (nSPS) is 18.6. The van der Waals surface area contributed by atoms with Crippen LogP contribution in [0, 0.1) is 0 Å². The number of hydrogen-bond donors (Lipinski definition) is 1. The van der Waals surface area contributed by atoms with Gasteiger partial charge in [0.1, 0.15) is 6.10 Å². The van der Waals surface area contributed by atoms with Gasteiger partial charge in [-0.05, 0) is 43.9 Å². The molecule has 29 heavy (non-hydrogen) atoms. The third-order valence-electron chi connectivity index (χ3n) is 4.95. The van der Waals surface area contributed by atoms with Crippen molar-refractivity contribution in [2.75, 3.05) is 21.3 Å². The second kappa shape index (κ2) is 9.69. The van der Waals surface area contributed by atoms with Crippen LogP contribution in [-0.2, 0) is 0 Å². The van der Waals surface area contributed by atoms with Crippen LogP contribution in [0.3, 0.4) is 0 Å². The zero-order chi connectivity index (χ0) is 20.8. The molecular formula is C21H25ClN2O5. The molecule has 1 aliphatic carbocycles. The van der Waals surface area contributed by atoms with Crippen molar-refractivity contribution >= 4 is 17.5 Å². The monoisotopic (exact) mass is 420 g/mol. The number of carbonyl (C=O) groups is 1. The van der Waals surface area contributed by atoms with E-state index in [2.05, 4.69) is 10.3 Å². The molecule has 1 aromatic heterocycles. The molecule has 0 radical (unpaired) electrons. The van der Waals surface area contributed by atoms with Crippen LogP contribution in [-0.4, -0.2) is 44.4 Å². The predicted octanol–water partition coefficient (Wildman–Crippen LogP) is 3.88. The Morgan fingerprint density at radius 1 is 1.00 bits per heavy atom. The van der Waals surface area contributed by atoms with E-state index < -0.39 is 0 Å². The highest BCUT2D eigenvalue weighted by molar-refractivity contribution is 6.30. The average molecular weight is 421 g/mol. The summed E-state index contributed by atoms with van der Waals surface area (Å²) < 4.78 is 21.9. The Hall–Kier alpha value is -2.67. The Morgan fingerprint density at radius 3 is 2.31 bits per heavy atom. The summed E-state index contributed by atoms with van der Waals surface area (Å²) in [6.45, 7) is 0. The van der Waals surface area contributed by atoms with Gasteiger partial charge in [0.15, 0.2) is 11.5 Å². The number of hydrogen-bond acceptors (Lipinski definition) is 6. The third-order valence-corrected chi connectivity index (χ3v) is 5.17. The zero-order valence-corrected chi connectivity index (χ0v) is 17.5. The lowest BCUT2D eigenvalue weighted by molar-refractivity contribution is 0.0886. The Balaban J connectivity index is 1.59. The molecule has 1 saturated carbocycles. The number of carbonyl (C=O) groups excluding carboxylic acids is 1. The van der Waals surface area contributed by atoms with Crippen molar-refractivity contribution in [3.8, 4) is 23.1 Å². The SMILES string of the molecule is COc1ccc(C(=O)NC2CCC(Oc3ccc(Cl)cn3)CC2)c(OC)c1OC. The number of methoxy groups -OCH3 is 3. The molecule has 0 aliphatic heterocycles. The Bertz CT molecular complexity index is 836. The number of nitrogens with one attached hydrogen (secondary N) is 1. The summed E-state index contributed by atoms with van der Waals surface area (Å²) >= 11 is 5.85. The van der Waals surface area contributed by atoms with Crippen LogP contribution >= 0.6 is 11.6 Å². The van der Waals surface area contributed by atoms with E-state index in [1.807, 2.05) is 0 Å². The number of rotatable bonds is 7. The Morgan fingerprint density at radius 2 is 1.72 bits per heavy atom. The molecule has 8 heteroatoms. The summed E-state index contributed by atoms with van der Waals surface area (Å²) in [4.78, 5) is 17.0. The number of ether oxygens (including phenoxy) is 4. The summed E-state index contributed by atoms with van der Waals surface area (Å²) in [5.41, 5.74) is 0.411. The molecule has 156 valence electrons. The zero-order valence-electron chi connectivity index (χ0n) is 16.7. The van der Waals surface area contributed by atoms with Crippen LogP contribution in [0.2, 0.25) is 5.02 Å². The molecule has 7 nitrogen and oxygen atoms in total. The molecule has 0 unspecified atom stereocenters. The van der Waals surface area contributed by atoms with Crippen molar-refractivity contribution < 1.29 is 23.7 Å². The molecular weight excluding hydrogens is 396 g/mol. The smallest absolute Gasteiger partial charge is 0.255 e. The van der Waals surface area contributed by atoms with Crippen molar-refractivity contribution in [1.29, 1.82) is 0 Å². The fourth-order valence-electron chi connectivity index (χ4n) is 3.47. The molecule has 0 bridgehead atoms. The molecule has 0 atom stereocenters. The van der Waals surface area contributed by atoms with Crippen molar-refractivity contribution in [1.82, 2.24) is 10.3 Å². The lowest BCUT2D eigenvalue weighted by Crippen LogP contribution is -2.39. The summed E-state index contributed by atoms with van der Waals surface area (Å²) in [7, 11) is 4.55. The van der Waals surface area contributed by atoms with Gasteiger partial charge in [-0.3, -0.25) is 4.79 Å².